The molecule has 3 N–H and O–H groups in total. The monoisotopic (exact) mass is 248 g/mol. The first-order chi connectivity index (χ1) is 8.58. The van der Waals surface area contributed by atoms with Crippen LogP contribution in [0.4, 0.5) is 11.4 Å². The highest BCUT2D eigenvalue weighted by Crippen LogP contribution is 2.25. The Bertz CT molecular complexity index is 445. The van der Waals surface area contributed by atoms with Gasteiger partial charge >= 0.3 is 0 Å². The first-order valence-electron chi connectivity index (χ1n) is 6.32. The minimum atomic E-state index is 0.0274. The van der Waals surface area contributed by atoms with Gasteiger partial charge in [-0.1, -0.05) is 13.0 Å². The van der Waals surface area contributed by atoms with Crippen molar-refractivity contribution >= 4 is 17.3 Å². The number of benzene rings is 1. The van der Waals surface area contributed by atoms with Gasteiger partial charge in [0.1, 0.15) is 0 Å². The van der Waals surface area contributed by atoms with E-state index in [4.69, 9.17) is 10.5 Å². The van der Waals surface area contributed by atoms with Gasteiger partial charge in [0.25, 0.3) is 0 Å². The second-order valence-corrected chi connectivity index (χ2v) is 5.01. The lowest BCUT2D eigenvalue weighted by Crippen LogP contribution is -2.35. The number of ether oxygens (including phenoxy) is 1. The average molecular weight is 248 g/mol. The molecule has 0 bridgehead atoms. The molecule has 2 unspecified atom stereocenters. The number of hydrogen-bond donors (Lipinski definition) is 2. The highest BCUT2D eigenvalue weighted by atomic mass is 16.5. The Morgan fingerprint density at radius 2 is 2.28 bits per heavy atom. The van der Waals surface area contributed by atoms with E-state index >= 15 is 0 Å². The van der Waals surface area contributed by atoms with Crippen molar-refractivity contribution in [1.29, 1.82) is 0 Å². The molecule has 2 rings (SSSR count). The standard InChI is InChI=1S/C14H20N2O2/c1-9-3-4-11(15)7-13(9)16-14(17)12-5-6-18-8-10(12)2/h3-4,7,10,12H,5-6,8,15H2,1-2H3,(H,16,17). The summed E-state index contributed by atoms with van der Waals surface area (Å²) in [5.74, 6) is 0.360. The number of hydrogen-bond acceptors (Lipinski definition) is 3. The maximum Gasteiger partial charge on any atom is 0.227 e. The molecular formula is C14H20N2O2. The Hall–Kier alpha value is -1.55. The molecule has 0 aliphatic carbocycles. The number of nitrogens with one attached hydrogen (secondary N) is 1. The third-order valence-electron chi connectivity index (χ3n) is 3.50. The molecule has 18 heavy (non-hydrogen) atoms. The summed E-state index contributed by atoms with van der Waals surface area (Å²) in [6, 6.07) is 5.55. The van der Waals surface area contributed by atoms with Crippen LogP contribution in [0.2, 0.25) is 0 Å². The quantitative estimate of drug-likeness (QED) is 0.788. The minimum Gasteiger partial charge on any atom is -0.399 e. The first kappa shape index (κ1) is 12.9. The number of rotatable bonds is 2. The molecule has 1 aromatic carbocycles. The molecular weight excluding hydrogens is 228 g/mol. The third-order valence-corrected chi connectivity index (χ3v) is 3.50. The maximum atomic E-state index is 12.2. The molecule has 0 aromatic heterocycles. The molecule has 1 saturated heterocycles. The van der Waals surface area contributed by atoms with Gasteiger partial charge in [-0.05, 0) is 37.0 Å². The number of nitrogen functional groups attached to an aromatic ring is 1. The van der Waals surface area contributed by atoms with Crippen LogP contribution < -0.4 is 11.1 Å². The molecule has 2 atom stereocenters. The van der Waals surface area contributed by atoms with Crippen molar-refractivity contribution in [1.82, 2.24) is 0 Å². The summed E-state index contributed by atoms with van der Waals surface area (Å²) in [6.45, 7) is 5.34. The second-order valence-electron chi connectivity index (χ2n) is 5.01. The van der Waals surface area contributed by atoms with Gasteiger partial charge in [-0.25, -0.2) is 0 Å². The highest BCUT2D eigenvalue weighted by Gasteiger charge is 2.28. The van der Waals surface area contributed by atoms with Crippen LogP contribution in [0.1, 0.15) is 18.9 Å². The zero-order valence-corrected chi connectivity index (χ0v) is 10.9. The largest absolute Gasteiger partial charge is 0.399 e. The van der Waals surface area contributed by atoms with Gasteiger partial charge in [-0.2, -0.15) is 0 Å². The summed E-state index contributed by atoms with van der Waals surface area (Å²) in [4.78, 5) is 12.2. The summed E-state index contributed by atoms with van der Waals surface area (Å²) in [7, 11) is 0. The van der Waals surface area contributed by atoms with Gasteiger partial charge in [0.2, 0.25) is 5.91 Å². The zero-order chi connectivity index (χ0) is 13.1. The molecule has 1 aromatic rings. The highest BCUT2D eigenvalue weighted by molar-refractivity contribution is 5.94. The van der Waals surface area contributed by atoms with Crippen molar-refractivity contribution in [2.45, 2.75) is 20.3 Å². The van der Waals surface area contributed by atoms with Crippen molar-refractivity contribution in [3.8, 4) is 0 Å². The van der Waals surface area contributed by atoms with E-state index in [-0.39, 0.29) is 17.7 Å². The molecule has 1 fully saturated rings. The Morgan fingerprint density at radius 1 is 1.50 bits per heavy atom. The van der Waals surface area contributed by atoms with E-state index < -0.39 is 0 Å². The van der Waals surface area contributed by atoms with E-state index in [1.807, 2.05) is 19.1 Å². The first-order valence-corrected chi connectivity index (χ1v) is 6.32. The van der Waals surface area contributed by atoms with Crippen molar-refractivity contribution < 1.29 is 9.53 Å². The third kappa shape index (κ3) is 2.82. The number of anilines is 2. The number of carbonyl (C=O) groups excluding carboxylic acids is 1. The summed E-state index contributed by atoms with van der Waals surface area (Å²) in [5.41, 5.74) is 8.23. The lowest BCUT2D eigenvalue weighted by atomic mass is 9.89. The fourth-order valence-corrected chi connectivity index (χ4v) is 2.27. The predicted molar refractivity (Wildman–Crippen MR) is 72.3 cm³/mol. The molecule has 4 nitrogen and oxygen atoms in total. The van der Waals surface area contributed by atoms with Crippen LogP contribution in [0.15, 0.2) is 18.2 Å². The molecule has 0 radical (unpaired) electrons. The smallest absolute Gasteiger partial charge is 0.227 e. The summed E-state index contributed by atoms with van der Waals surface area (Å²) >= 11 is 0. The average Bonchev–Trinajstić information content (AvgIpc) is 2.34. The molecule has 1 amide bonds. The van der Waals surface area contributed by atoms with E-state index in [0.29, 0.717) is 18.9 Å². The van der Waals surface area contributed by atoms with E-state index in [1.165, 1.54) is 0 Å². The van der Waals surface area contributed by atoms with Crippen LogP contribution in [0, 0.1) is 18.8 Å². The van der Waals surface area contributed by atoms with Crippen molar-refractivity contribution in [3.63, 3.8) is 0 Å². The van der Waals surface area contributed by atoms with E-state index in [9.17, 15) is 4.79 Å². The molecule has 1 aliphatic heterocycles. The van der Waals surface area contributed by atoms with Crippen molar-refractivity contribution in [2.75, 3.05) is 24.3 Å². The molecule has 4 heteroatoms. The lowest BCUT2D eigenvalue weighted by molar-refractivity contribution is -0.125. The van der Waals surface area contributed by atoms with Crippen molar-refractivity contribution in [2.24, 2.45) is 11.8 Å². The van der Waals surface area contributed by atoms with Gasteiger partial charge < -0.3 is 15.8 Å². The SMILES string of the molecule is Cc1ccc(N)cc1NC(=O)C1CCOCC1C. The van der Waals surface area contributed by atoms with Gasteiger partial charge in [0.05, 0.1) is 0 Å². The Kier molecular flexibility index (Phi) is 3.87. The van der Waals surface area contributed by atoms with Gasteiger partial charge in [0.15, 0.2) is 0 Å². The van der Waals surface area contributed by atoms with Crippen LogP contribution in [0.5, 0.6) is 0 Å². The van der Waals surface area contributed by atoms with Gasteiger partial charge in [0, 0.05) is 30.5 Å². The van der Waals surface area contributed by atoms with E-state index in [0.717, 1.165) is 17.7 Å². The Labute approximate surface area is 108 Å². The molecule has 1 aliphatic rings. The Balaban J connectivity index is 2.08. The number of amides is 1. The summed E-state index contributed by atoms with van der Waals surface area (Å²) in [6.07, 6.45) is 0.786. The summed E-state index contributed by atoms with van der Waals surface area (Å²) in [5, 5.41) is 2.98. The second kappa shape index (κ2) is 5.40. The number of carbonyl (C=O) groups is 1. The predicted octanol–water partition coefficient (Wildman–Crippen LogP) is 2.19. The van der Waals surface area contributed by atoms with Crippen molar-refractivity contribution in [3.05, 3.63) is 23.8 Å². The fourth-order valence-electron chi connectivity index (χ4n) is 2.27. The maximum absolute atomic E-state index is 12.2. The Morgan fingerprint density at radius 3 is 3.00 bits per heavy atom. The van der Waals surface area contributed by atoms with Gasteiger partial charge in [-0.15, -0.1) is 0 Å². The van der Waals surface area contributed by atoms with Crippen LogP contribution in [-0.4, -0.2) is 19.1 Å². The zero-order valence-electron chi connectivity index (χ0n) is 10.9. The molecule has 1 heterocycles. The number of aryl methyl sites for hydroxylation is 1. The molecule has 0 saturated carbocycles. The molecule has 0 spiro atoms. The lowest BCUT2D eigenvalue weighted by Gasteiger charge is -2.28. The van der Waals surface area contributed by atoms with Gasteiger partial charge in [-0.3, -0.25) is 4.79 Å². The molecule has 98 valence electrons. The van der Waals surface area contributed by atoms with Crippen LogP contribution in [-0.2, 0) is 9.53 Å². The van der Waals surface area contributed by atoms with Crippen LogP contribution >= 0.6 is 0 Å². The van der Waals surface area contributed by atoms with E-state index in [1.54, 1.807) is 6.07 Å². The topological polar surface area (TPSA) is 64.3 Å². The normalized spacial score (nSPS) is 23.7. The fraction of sp³-hybridized carbons (Fsp3) is 0.500. The van der Waals surface area contributed by atoms with Crippen LogP contribution in [0.3, 0.4) is 0 Å². The number of nitrogens with two attached hydrogens (primary N) is 1. The summed E-state index contributed by atoms with van der Waals surface area (Å²) < 4.78 is 5.36. The van der Waals surface area contributed by atoms with E-state index in [2.05, 4.69) is 12.2 Å². The van der Waals surface area contributed by atoms with Crippen LogP contribution in [0.25, 0.3) is 0 Å². The minimum absolute atomic E-state index is 0.0274.